The van der Waals surface area contributed by atoms with Gasteiger partial charge in [-0.2, -0.15) is 0 Å². The molecular weight excluding hydrogens is 298 g/mol. The zero-order valence-electron chi connectivity index (χ0n) is 14.0. The average Bonchev–Trinajstić information content (AvgIpc) is 2.63. The zero-order valence-corrected chi connectivity index (χ0v) is 14.0. The molecule has 0 aromatic heterocycles. The third kappa shape index (κ3) is 4.82. The maximum absolute atomic E-state index is 12.3. The molecule has 3 heteroatoms. The Morgan fingerprint density at radius 1 is 1.04 bits per heavy atom. The normalized spacial score (nSPS) is 10.9. The van der Waals surface area contributed by atoms with Crippen LogP contribution in [-0.2, 0) is 9.53 Å². The first-order chi connectivity index (χ1) is 11.8. The van der Waals surface area contributed by atoms with Gasteiger partial charge in [0.05, 0.1) is 12.3 Å². The summed E-state index contributed by atoms with van der Waals surface area (Å²) in [7, 11) is 0. The monoisotopic (exact) mass is 319 g/mol. The summed E-state index contributed by atoms with van der Waals surface area (Å²) in [6.07, 6.45) is 0.346. The van der Waals surface area contributed by atoms with Gasteiger partial charge >= 0.3 is 5.97 Å². The van der Waals surface area contributed by atoms with Crippen LogP contribution in [0.5, 0.6) is 0 Å². The highest BCUT2D eigenvalue weighted by Gasteiger charge is 2.20. The molecule has 2 aromatic carbocycles. The van der Waals surface area contributed by atoms with Crippen LogP contribution in [0, 0.1) is 11.8 Å². The lowest BCUT2D eigenvalue weighted by Crippen LogP contribution is -2.23. The van der Waals surface area contributed by atoms with E-state index in [2.05, 4.69) is 11.8 Å². The maximum Gasteiger partial charge on any atom is 0.331 e. The Hall–Kier alpha value is -2.86. The first kappa shape index (κ1) is 17.5. The van der Waals surface area contributed by atoms with E-state index in [9.17, 15) is 4.79 Å². The first-order valence-electron chi connectivity index (χ1n) is 8.01. The second kappa shape index (κ2) is 9.32. The molecule has 0 aliphatic heterocycles. The zero-order chi connectivity index (χ0) is 17.2. The van der Waals surface area contributed by atoms with Gasteiger partial charge in [0.25, 0.3) is 0 Å². The Balaban J connectivity index is 2.48. The minimum atomic E-state index is -0.632. The Morgan fingerprint density at radius 3 is 2.04 bits per heavy atom. The van der Waals surface area contributed by atoms with Crippen molar-refractivity contribution in [2.45, 2.75) is 26.3 Å². The Labute approximate surface area is 143 Å². The second-order valence-corrected chi connectivity index (χ2v) is 5.11. The van der Waals surface area contributed by atoms with Crippen molar-refractivity contribution in [2.24, 2.45) is 4.99 Å². The van der Waals surface area contributed by atoms with Crippen LogP contribution in [0.3, 0.4) is 0 Å². The van der Waals surface area contributed by atoms with Gasteiger partial charge in [0.1, 0.15) is 0 Å². The van der Waals surface area contributed by atoms with Crippen LogP contribution >= 0.6 is 0 Å². The predicted molar refractivity (Wildman–Crippen MR) is 97.0 cm³/mol. The molecule has 122 valence electrons. The third-order valence-electron chi connectivity index (χ3n) is 3.41. The quantitative estimate of drug-likeness (QED) is 0.460. The van der Waals surface area contributed by atoms with Gasteiger partial charge in [0, 0.05) is 17.5 Å². The highest BCUT2D eigenvalue weighted by atomic mass is 16.5. The lowest BCUT2D eigenvalue weighted by atomic mass is 10.0. The van der Waals surface area contributed by atoms with Crippen LogP contribution in [0.4, 0.5) is 0 Å². The van der Waals surface area contributed by atoms with Crippen molar-refractivity contribution >= 4 is 11.7 Å². The van der Waals surface area contributed by atoms with Gasteiger partial charge < -0.3 is 4.74 Å². The lowest BCUT2D eigenvalue weighted by molar-refractivity contribution is -0.144. The summed E-state index contributed by atoms with van der Waals surface area (Å²) in [4.78, 5) is 17.0. The molecule has 0 heterocycles. The highest BCUT2D eigenvalue weighted by Crippen LogP contribution is 2.14. The molecule has 0 aliphatic carbocycles. The minimum Gasteiger partial charge on any atom is -0.464 e. The summed E-state index contributed by atoms with van der Waals surface area (Å²) < 4.78 is 5.16. The second-order valence-electron chi connectivity index (χ2n) is 5.11. The van der Waals surface area contributed by atoms with E-state index in [0.29, 0.717) is 13.0 Å². The van der Waals surface area contributed by atoms with E-state index in [1.54, 1.807) is 13.8 Å². The minimum absolute atomic E-state index is 0.330. The van der Waals surface area contributed by atoms with E-state index in [1.165, 1.54) is 0 Å². The van der Waals surface area contributed by atoms with Crippen molar-refractivity contribution in [3.8, 4) is 11.8 Å². The van der Waals surface area contributed by atoms with E-state index >= 15 is 0 Å². The number of hydrogen-bond donors (Lipinski definition) is 0. The van der Waals surface area contributed by atoms with Crippen molar-refractivity contribution in [3.63, 3.8) is 0 Å². The van der Waals surface area contributed by atoms with Crippen molar-refractivity contribution in [1.29, 1.82) is 0 Å². The summed E-state index contributed by atoms with van der Waals surface area (Å²) in [6.45, 7) is 3.87. The average molecular weight is 319 g/mol. The highest BCUT2D eigenvalue weighted by molar-refractivity contribution is 6.13. The topological polar surface area (TPSA) is 38.7 Å². The van der Waals surface area contributed by atoms with Gasteiger partial charge in [-0.15, -0.1) is 11.8 Å². The number of rotatable bonds is 6. The van der Waals surface area contributed by atoms with Crippen LogP contribution < -0.4 is 0 Å². The van der Waals surface area contributed by atoms with Crippen molar-refractivity contribution in [2.75, 3.05) is 6.61 Å². The number of carbonyl (C=O) groups excluding carboxylic acids is 1. The summed E-state index contributed by atoms with van der Waals surface area (Å²) in [5.74, 6) is 5.42. The van der Waals surface area contributed by atoms with Crippen LogP contribution in [0.25, 0.3) is 0 Å². The van der Waals surface area contributed by atoms with Crippen molar-refractivity contribution < 1.29 is 9.53 Å². The van der Waals surface area contributed by atoms with E-state index in [-0.39, 0.29) is 5.97 Å². The lowest BCUT2D eigenvalue weighted by Gasteiger charge is -2.13. The smallest absolute Gasteiger partial charge is 0.331 e. The molecule has 2 aromatic rings. The fraction of sp³-hybridized carbons (Fsp3) is 0.238. The van der Waals surface area contributed by atoms with Gasteiger partial charge in [0.15, 0.2) is 6.04 Å². The molecule has 0 spiro atoms. The molecule has 0 saturated carbocycles. The molecule has 0 bridgehead atoms. The third-order valence-corrected chi connectivity index (χ3v) is 3.41. The summed E-state index contributed by atoms with van der Waals surface area (Å²) in [6, 6.07) is 19.1. The Bertz CT molecular complexity index is 698. The Kier molecular flexibility index (Phi) is 6.79. The van der Waals surface area contributed by atoms with E-state index in [0.717, 1.165) is 16.8 Å². The number of ether oxygens (including phenoxy) is 1. The molecule has 24 heavy (non-hydrogen) atoms. The van der Waals surface area contributed by atoms with Crippen LogP contribution in [-0.4, -0.2) is 24.3 Å². The fourth-order valence-electron chi connectivity index (χ4n) is 2.28. The fourth-order valence-corrected chi connectivity index (χ4v) is 2.28. The number of esters is 1. The largest absolute Gasteiger partial charge is 0.464 e. The van der Waals surface area contributed by atoms with Crippen LogP contribution in [0.2, 0.25) is 0 Å². The number of benzene rings is 2. The van der Waals surface area contributed by atoms with Crippen LogP contribution in [0.1, 0.15) is 31.4 Å². The number of carbonyl (C=O) groups is 1. The van der Waals surface area contributed by atoms with E-state index in [1.807, 2.05) is 60.7 Å². The summed E-state index contributed by atoms with van der Waals surface area (Å²) in [5.41, 5.74) is 2.69. The SMILES string of the molecule is CC#CCC(N=C(c1ccccc1)c1ccccc1)C(=O)OCC. The van der Waals surface area contributed by atoms with Crippen molar-refractivity contribution in [1.82, 2.24) is 0 Å². The molecule has 0 N–H and O–H groups in total. The molecule has 3 nitrogen and oxygen atoms in total. The van der Waals surface area contributed by atoms with Gasteiger partial charge in [-0.1, -0.05) is 60.7 Å². The maximum atomic E-state index is 12.3. The molecular formula is C21H21NO2. The predicted octanol–water partition coefficient (Wildman–Crippen LogP) is 3.87. The molecule has 1 atom stereocenters. The first-order valence-corrected chi connectivity index (χ1v) is 8.01. The molecule has 0 saturated heterocycles. The van der Waals surface area contributed by atoms with E-state index < -0.39 is 6.04 Å². The van der Waals surface area contributed by atoms with E-state index in [4.69, 9.17) is 9.73 Å². The number of hydrogen-bond acceptors (Lipinski definition) is 3. The summed E-state index contributed by atoms with van der Waals surface area (Å²) in [5, 5.41) is 0. The standard InChI is InChI=1S/C21H21NO2/c1-3-5-16-19(21(23)24-4-2)22-20(17-12-8-6-9-13-17)18-14-10-7-11-15-18/h6-15,19H,4,16H2,1-2H3. The number of nitrogens with zero attached hydrogens (tertiary/aromatic N) is 1. The van der Waals surface area contributed by atoms with Crippen LogP contribution in [0.15, 0.2) is 65.7 Å². The molecule has 0 fully saturated rings. The van der Waals surface area contributed by atoms with Crippen molar-refractivity contribution in [3.05, 3.63) is 71.8 Å². The molecule has 0 amide bonds. The van der Waals surface area contributed by atoms with Gasteiger partial charge in [-0.3, -0.25) is 4.99 Å². The van der Waals surface area contributed by atoms with Gasteiger partial charge in [-0.25, -0.2) is 4.79 Å². The van der Waals surface area contributed by atoms with Gasteiger partial charge in [-0.05, 0) is 13.8 Å². The molecule has 0 aliphatic rings. The Morgan fingerprint density at radius 2 is 1.58 bits per heavy atom. The number of aliphatic imine (C=N–C) groups is 1. The molecule has 1 unspecified atom stereocenters. The summed E-state index contributed by atoms with van der Waals surface area (Å²) >= 11 is 0. The molecule has 2 rings (SSSR count). The van der Waals surface area contributed by atoms with Gasteiger partial charge in [0.2, 0.25) is 0 Å². The molecule has 0 radical (unpaired) electrons.